The number of hydrogen-bond acceptors (Lipinski definition) is 5. The lowest BCUT2D eigenvalue weighted by Gasteiger charge is -2.34. The van der Waals surface area contributed by atoms with Crippen LogP contribution in [-0.2, 0) is 9.72 Å². The Labute approximate surface area is 117 Å². The van der Waals surface area contributed by atoms with Gasteiger partial charge in [0.05, 0.1) is 12.8 Å². The van der Waals surface area contributed by atoms with Crippen molar-refractivity contribution in [3.8, 4) is 5.75 Å². The van der Waals surface area contributed by atoms with Crippen molar-refractivity contribution in [1.29, 1.82) is 0 Å². The molecule has 8 heteroatoms. The van der Waals surface area contributed by atoms with Gasteiger partial charge >= 0.3 is 7.60 Å². The van der Waals surface area contributed by atoms with Crippen LogP contribution in [0.1, 0.15) is 18.4 Å². The molecule has 0 saturated heterocycles. The maximum Gasteiger partial charge on any atom is 0.336 e. The molecule has 1 rings (SSSR count). The Hall–Kier alpha value is -1.11. The fourth-order valence-electron chi connectivity index (χ4n) is 2.24. The molecule has 0 saturated carbocycles. The summed E-state index contributed by atoms with van der Waals surface area (Å²) in [7, 11) is -3.23. The van der Waals surface area contributed by atoms with Crippen molar-refractivity contribution < 1.29 is 29.3 Å². The molecule has 1 aromatic rings. The van der Waals surface area contributed by atoms with Crippen molar-refractivity contribution in [3.63, 3.8) is 0 Å². The lowest BCUT2D eigenvalue weighted by molar-refractivity contribution is 0.203. The van der Waals surface area contributed by atoms with Crippen LogP contribution >= 0.6 is 7.60 Å². The van der Waals surface area contributed by atoms with E-state index in [4.69, 9.17) is 20.7 Å². The molecule has 0 spiro atoms. The summed E-state index contributed by atoms with van der Waals surface area (Å²) in [5, 5.41) is 16.7. The highest BCUT2D eigenvalue weighted by Gasteiger charge is 2.47. The van der Waals surface area contributed by atoms with Gasteiger partial charge in [0.2, 0.25) is 0 Å². The summed E-state index contributed by atoms with van der Waals surface area (Å²) in [6.07, 6.45) is -0.351. The SMILES string of the molecule is COc1cc(C(CCO)(CCO)P(=O)(O)O)ccc1N. The van der Waals surface area contributed by atoms with Gasteiger partial charge in [-0.2, -0.15) is 0 Å². The van der Waals surface area contributed by atoms with Crippen molar-refractivity contribution >= 4 is 13.3 Å². The second-order valence-electron chi connectivity index (χ2n) is 4.48. The highest BCUT2D eigenvalue weighted by Crippen LogP contribution is 2.61. The maximum atomic E-state index is 11.9. The number of anilines is 1. The number of hydrogen-bond donors (Lipinski definition) is 5. The van der Waals surface area contributed by atoms with Crippen molar-refractivity contribution in [1.82, 2.24) is 0 Å². The Bertz CT molecular complexity index is 495. The summed E-state index contributed by atoms with van der Waals surface area (Å²) in [6, 6.07) is 4.38. The van der Waals surface area contributed by atoms with Gasteiger partial charge in [-0.25, -0.2) is 0 Å². The molecule has 0 unspecified atom stereocenters. The van der Waals surface area contributed by atoms with Crippen LogP contribution < -0.4 is 10.5 Å². The molecule has 6 N–H and O–H groups in total. The molecule has 0 atom stereocenters. The maximum absolute atomic E-state index is 11.9. The van der Waals surface area contributed by atoms with Crippen molar-refractivity contribution in [2.75, 3.05) is 26.1 Å². The van der Waals surface area contributed by atoms with E-state index in [2.05, 4.69) is 0 Å². The lowest BCUT2D eigenvalue weighted by Crippen LogP contribution is -2.29. The predicted molar refractivity (Wildman–Crippen MR) is 74.5 cm³/mol. The van der Waals surface area contributed by atoms with Crippen molar-refractivity contribution in [2.45, 2.75) is 18.0 Å². The van der Waals surface area contributed by atoms with E-state index in [9.17, 15) is 14.4 Å². The Morgan fingerprint density at radius 1 is 1.25 bits per heavy atom. The average Bonchev–Trinajstić information content (AvgIpc) is 2.37. The molecule has 0 bridgehead atoms. The minimum absolute atomic E-state index is 0.176. The normalized spacial score (nSPS) is 12.4. The first kappa shape index (κ1) is 16.9. The molecule has 0 radical (unpaired) electrons. The van der Waals surface area contributed by atoms with Crippen LogP contribution in [-0.4, -0.2) is 40.3 Å². The number of nitrogen functional groups attached to an aromatic ring is 1. The Balaban J connectivity index is 3.47. The second-order valence-corrected chi connectivity index (χ2v) is 6.42. The third-order valence-corrected chi connectivity index (χ3v) is 5.20. The quantitative estimate of drug-likeness (QED) is 0.364. The van der Waals surface area contributed by atoms with Crippen LogP contribution in [0.4, 0.5) is 5.69 Å². The zero-order chi connectivity index (χ0) is 15.4. The van der Waals surface area contributed by atoms with Gasteiger partial charge in [0.25, 0.3) is 0 Å². The summed E-state index contributed by atoms with van der Waals surface area (Å²) in [5.74, 6) is 0.288. The van der Waals surface area contributed by atoms with E-state index in [0.717, 1.165) is 0 Å². The van der Waals surface area contributed by atoms with Gasteiger partial charge in [-0.1, -0.05) is 6.07 Å². The molecular formula is C12H20NO6P. The van der Waals surface area contributed by atoms with Crippen molar-refractivity contribution in [2.24, 2.45) is 0 Å². The summed E-state index contributed by atoms with van der Waals surface area (Å²) >= 11 is 0. The molecule has 20 heavy (non-hydrogen) atoms. The zero-order valence-corrected chi connectivity index (χ0v) is 12.1. The van der Waals surface area contributed by atoms with E-state index in [1.807, 2.05) is 0 Å². The molecule has 0 aliphatic rings. The van der Waals surface area contributed by atoms with Crippen LogP contribution in [0.15, 0.2) is 18.2 Å². The third kappa shape index (κ3) is 3.13. The molecule has 0 aliphatic heterocycles. The second kappa shape index (κ2) is 6.56. The van der Waals surface area contributed by atoms with Crippen LogP contribution in [0.3, 0.4) is 0 Å². The minimum Gasteiger partial charge on any atom is -0.495 e. The standard InChI is InChI=1S/C12H20NO6P/c1-19-11-8-9(2-3-10(11)13)12(4-6-14,5-7-15)20(16,17)18/h2-3,8,14-15H,4-7,13H2,1H3,(H2,16,17,18). The Kier molecular flexibility index (Phi) is 5.56. The van der Waals surface area contributed by atoms with E-state index >= 15 is 0 Å². The third-order valence-electron chi connectivity index (χ3n) is 3.38. The fraction of sp³-hybridized carbons (Fsp3) is 0.500. The first-order valence-corrected chi connectivity index (χ1v) is 7.65. The molecule has 7 nitrogen and oxygen atoms in total. The summed E-state index contributed by atoms with van der Waals surface area (Å²) in [5.41, 5.74) is 6.30. The number of rotatable bonds is 7. The first-order chi connectivity index (χ1) is 9.32. The molecule has 1 aromatic carbocycles. The monoisotopic (exact) mass is 305 g/mol. The van der Waals surface area contributed by atoms with Gasteiger partial charge in [-0.05, 0) is 30.5 Å². The van der Waals surface area contributed by atoms with E-state index in [1.54, 1.807) is 0 Å². The van der Waals surface area contributed by atoms with Gasteiger partial charge < -0.3 is 30.5 Å². The van der Waals surface area contributed by atoms with E-state index in [1.165, 1.54) is 25.3 Å². The topological polar surface area (TPSA) is 133 Å². The van der Waals surface area contributed by atoms with Gasteiger partial charge in [0.15, 0.2) is 0 Å². The molecule has 0 amide bonds. The number of nitrogens with two attached hydrogens (primary N) is 1. The minimum atomic E-state index is -4.62. The molecule has 0 fully saturated rings. The van der Waals surface area contributed by atoms with Crippen LogP contribution in [0, 0.1) is 0 Å². The number of ether oxygens (including phenoxy) is 1. The van der Waals surface area contributed by atoms with Gasteiger partial charge in [0.1, 0.15) is 10.9 Å². The smallest absolute Gasteiger partial charge is 0.336 e. The van der Waals surface area contributed by atoms with Crippen LogP contribution in [0.5, 0.6) is 5.75 Å². The first-order valence-electron chi connectivity index (χ1n) is 6.03. The molecule has 0 heterocycles. The largest absolute Gasteiger partial charge is 0.495 e. The number of methoxy groups -OCH3 is 1. The molecule has 114 valence electrons. The predicted octanol–water partition coefficient (Wildman–Crippen LogP) is 0.415. The summed E-state index contributed by atoms with van der Waals surface area (Å²) in [6.45, 7) is -0.838. The van der Waals surface area contributed by atoms with E-state index in [-0.39, 0.29) is 24.2 Å². The van der Waals surface area contributed by atoms with Crippen LogP contribution in [0.2, 0.25) is 0 Å². The van der Waals surface area contributed by atoms with E-state index in [0.29, 0.717) is 5.69 Å². The average molecular weight is 305 g/mol. The number of aliphatic hydroxyl groups excluding tert-OH is 2. The lowest BCUT2D eigenvalue weighted by atomic mass is 9.91. The zero-order valence-electron chi connectivity index (χ0n) is 11.2. The number of aliphatic hydroxyl groups is 2. The van der Waals surface area contributed by atoms with Gasteiger partial charge in [0, 0.05) is 13.2 Å². The number of benzene rings is 1. The Morgan fingerprint density at radius 2 is 1.80 bits per heavy atom. The summed E-state index contributed by atoms with van der Waals surface area (Å²) < 4.78 is 17.0. The Morgan fingerprint density at radius 3 is 2.20 bits per heavy atom. The fourth-order valence-corrected chi connectivity index (χ4v) is 3.50. The molecule has 0 aliphatic carbocycles. The molecule has 0 aromatic heterocycles. The highest BCUT2D eigenvalue weighted by molar-refractivity contribution is 7.53. The van der Waals surface area contributed by atoms with Crippen LogP contribution in [0.25, 0.3) is 0 Å². The van der Waals surface area contributed by atoms with Crippen molar-refractivity contribution in [3.05, 3.63) is 23.8 Å². The van der Waals surface area contributed by atoms with Gasteiger partial charge in [-0.3, -0.25) is 4.57 Å². The summed E-state index contributed by atoms with van der Waals surface area (Å²) in [4.78, 5) is 19.4. The van der Waals surface area contributed by atoms with Gasteiger partial charge in [-0.15, -0.1) is 0 Å². The molecular weight excluding hydrogens is 285 g/mol. The highest BCUT2D eigenvalue weighted by atomic mass is 31.2. The van der Waals surface area contributed by atoms with E-state index < -0.39 is 26.0 Å².